The first kappa shape index (κ1) is 11.3. The molecule has 0 spiro atoms. The summed E-state index contributed by atoms with van der Waals surface area (Å²) in [5.74, 6) is -0.829. The number of carboxylic acids is 1. The van der Waals surface area contributed by atoms with Crippen LogP contribution in [-0.4, -0.2) is 26.1 Å². The molecule has 0 aliphatic rings. The van der Waals surface area contributed by atoms with Crippen LogP contribution >= 0.6 is 0 Å². The van der Waals surface area contributed by atoms with Crippen molar-refractivity contribution in [3.8, 4) is 11.3 Å². The average Bonchev–Trinajstić information content (AvgIpc) is 2.67. The average molecular weight is 231 g/mol. The van der Waals surface area contributed by atoms with E-state index in [1.807, 2.05) is 25.1 Å². The van der Waals surface area contributed by atoms with Crippen LogP contribution in [0.3, 0.4) is 0 Å². The number of hydrogen-bond donors (Lipinski definition) is 1. The second-order valence-electron chi connectivity index (χ2n) is 3.88. The number of aliphatic carboxylic acids is 1. The lowest BCUT2D eigenvalue weighted by Crippen LogP contribution is -2.02. The SMILES string of the molecule is Cc1c(CC(=O)O)cccc1-c1cnn(C)n1. The molecule has 0 atom stereocenters. The number of aryl methyl sites for hydroxylation is 1. The monoisotopic (exact) mass is 231 g/mol. The van der Waals surface area contributed by atoms with Crippen molar-refractivity contribution in [1.29, 1.82) is 0 Å². The van der Waals surface area contributed by atoms with Gasteiger partial charge < -0.3 is 5.11 Å². The lowest BCUT2D eigenvalue weighted by atomic mass is 9.98. The van der Waals surface area contributed by atoms with Gasteiger partial charge in [0.25, 0.3) is 0 Å². The molecular weight excluding hydrogens is 218 g/mol. The van der Waals surface area contributed by atoms with Gasteiger partial charge in [-0.15, -0.1) is 0 Å². The maximum Gasteiger partial charge on any atom is 0.307 e. The number of rotatable bonds is 3. The van der Waals surface area contributed by atoms with Crippen molar-refractivity contribution in [3.63, 3.8) is 0 Å². The molecular formula is C12H13N3O2. The molecule has 0 saturated carbocycles. The summed E-state index contributed by atoms with van der Waals surface area (Å²) in [6.45, 7) is 1.91. The number of benzene rings is 1. The van der Waals surface area contributed by atoms with E-state index in [9.17, 15) is 4.79 Å². The minimum absolute atomic E-state index is 0.0277. The molecule has 5 nitrogen and oxygen atoms in total. The van der Waals surface area contributed by atoms with E-state index < -0.39 is 5.97 Å². The van der Waals surface area contributed by atoms with Gasteiger partial charge in [-0.2, -0.15) is 15.0 Å². The minimum Gasteiger partial charge on any atom is -0.481 e. The van der Waals surface area contributed by atoms with Crippen molar-refractivity contribution in [2.45, 2.75) is 13.3 Å². The van der Waals surface area contributed by atoms with Crippen molar-refractivity contribution in [2.24, 2.45) is 7.05 Å². The summed E-state index contributed by atoms with van der Waals surface area (Å²) in [6.07, 6.45) is 1.70. The Labute approximate surface area is 98.7 Å². The van der Waals surface area contributed by atoms with Crippen LogP contribution in [0.25, 0.3) is 11.3 Å². The Bertz CT molecular complexity index is 561. The largest absolute Gasteiger partial charge is 0.481 e. The fraction of sp³-hybridized carbons (Fsp3) is 0.250. The number of nitrogens with zero attached hydrogens (tertiary/aromatic N) is 3. The highest BCUT2D eigenvalue weighted by Gasteiger charge is 2.10. The van der Waals surface area contributed by atoms with E-state index in [0.29, 0.717) is 0 Å². The predicted octanol–water partition coefficient (Wildman–Crippen LogP) is 1.42. The van der Waals surface area contributed by atoms with Crippen LogP contribution in [0.4, 0.5) is 0 Å². The molecule has 0 fully saturated rings. The number of carboxylic acid groups (broad SMARTS) is 1. The second-order valence-corrected chi connectivity index (χ2v) is 3.88. The maximum absolute atomic E-state index is 10.7. The van der Waals surface area contributed by atoms with Crippen LogP contribution in [0.15, 0.2) is 24.4 Å². The maximum atomic E-state index is 10.7. The minimum atomic E-state index is -0.829. The lowest BCUT2D eigenvalue weighted by Gasteiger charge is -2.07. The van der Waals surface area contributed by atoms with Gasteiger partial charge in [0.15, 0.2) is 0 Å². The van der Waals surface area contributed by atoms with E-state index in [0.717, 1.165) is 22.4 Å². The third-order valence-corrected chi connectivity index (χ3v) is 2.66. The molecule has 0 amide bonds. The number of hydrogen-bond acceptors (Lipinski definition) is 3. The molecule has 88 valence electrons. The number of carbonyl (C=O) groups is 1. The highest BCUT2D eigenvalue weighted by Crippen LogP contribution is 2.23. The topological polar surface area (TPSA) is 68.0 Å². The van der Waals surface area contributed by atoms with Gasteiger partial charge >= 0.3 is 5.97 Å². The van der Waals surface area contributed by atoms with Crippen LogP contribution < -0.4 is 0 Å². The first-order valence-electron chi connectivity index (χ1n) is 5.25. The van der Waals surface area contributed by atoms with E-state index in [4.69, 9.17) is 5.11 Å². The van der Waals surface area contributed by atoms with E-state index in [1.54, 1.807) is 13.2 Å². The highest BCUT2D eigenvalue weighted by molar-refractivity contribution is 5.73. The molecule has 1 N–H and O–H groups in total. The first-order valence-corrected chi connectivity index (χ1v) is 5.25. The van der Waals surface area contributed by atoms with Crippen molar-refractivity contribution in [1.82, 2.24) is 15.0 Å². The van der Waals surface area contributed by atoms with Crippen LogP contribution in [0.2, 0.25) is 0 Å². The van der Waals surface area contributed by atoms with E-state index >= 15 is 0 Å². The van der Waals surface area contributed by atoms with Gasteiger partial charge in [-0.1, -0.05) is 18.2 Å². The van der Waals surface area contributed by atoms with Gasteiger partial charge in [-0.3, -0.25) is 4.79 Å². The molecule has 0 bridgehead atoms. The zero-order valence-electron chi connectivity index (χ0n) is 9.71. The molecule has 1 aromatic heterocycles. The van der Waals surface area contributed by atoms with Gasteiger partial charge in [-0.05, 0) is 18.1 Å². The third-order valence-electron chi connectivity index (χ3n) is 2.66. The molecule has 0 unspecified atom stereocenters. The van der Waals surface area contributed by atoms with Crippen molar-refractivity contribution >= 4 is 5.97 Å². The Balaban J connectivity index is 2.45. The molecule has 0 radical (unpaired) electrons. The second kappa shape index (κ2) is 4.37. The van der Waals surface area contributed by atoms with Crippen molar-refractivity contribution in [3.05, 3.63) is 35.5 Å². The quantitative estimate of drug-likeness (QED) is 0.867. The molecule has 0 saturated heterocycles. The lowest BCUT2D eigenvalue weighted by molar-refractivity contribution is -0.136. The normalized spacial score (nSPS) is 10.5. The summed E-state index contributed by atoms with van der Waals surface area (Å²) in [6, 6.07) is 5.59. The van der Waals surface area contributed by atoms with Gasteiger partial charge in [0, 0.05) is 12.6 Å². The van der Waals surface area contributed by atoms with Crippen LogP contribution in [0.1, 0.15) is 11.1 Å². The van der Waals surface area contributed by atoms with Crippen molar-refractivity contribution in [2.75, 3.05) is 0 Å². The molecule has 0 aliphatic heterocycles. The summed E-state index contributed by atoms with van der Waals surface area (Å²) < 4.78 is 0. The van der Waals surface area contributed by atoms with Gasteiger partial charge in [-0.25, -0.2) is 0 Å². The van der Waals surface area contributed by atoms with Crippen LogP contribution in [-0.2, 0) is 18.3 Å². The summed E-state index contributed by atoms with van der Waals surface area (Å²) >= 11 is 0. The molecule has 5 heteroatoms. The summed E-state index contributed by atoms with van der Waals surface area (Å²) in [7, 11) is 1.75. The van der Waals surface area contributed by atoms with Crippen LogP contribution in [0, 0.1) is 6.92 Å². The van der Waals surface area contributed by atoms with E-state index in [-0.39, 0.29) is 6.42 Å². The summed E-state index contributed by atoms with van der Waals surface area (Å²) in [5.41, 5.74) is 3.44. The Hall–Kier alpha value is -2.17. The molecule has 0 aliphatic carbocycles. The fourth-order valence-electron chi connectivity index (χ4n) is 1.78. The summed E-state index contributed by atoms with van der Waals surface area (Å²) in [5, 5.41) is 17.1. The number of aromatic nitrogens is 3. The van der Waals surface area contributed by atoms with E-state index in [2.05, 4.69) is 10.2 Å². The van der Waals surface area contributed by atoms with Gasteiger partial charge in [0.2, 0.25) is 0 Å². The third kappa shape index (κ3) is 2.33. The summed E-state index contributed by atoms with van der Waals surface area (Å²) in [4.78, 5) is 12.2. The Morgan fingerprint density at radius 2 is 2.24 bits per heavy atom. The smallest absolute Gasteiger partial charge is 0.307 e. The highest BCUT2D eigenvalue weighted by atomic mass is 16.4. The molecule has 1 heterocycles. The van der Waals surface area contributed by atoms with Crippen LogP contribution in [0.5, 0.6) is 0 Å². The predicted molar refractivity (Wildman–Crippen MR) is 62.5 cm³/mol. The van der Waals surface area contributed by atoms with Crippen molar-refractivity contribution < 1.29 is 9.90 Å². The first-order chi connectivity index (χ1) is 8.08. The standard InChI is InChI=1S/C12H13N3O2/c1-8-9(6-12(16)17)4-3-5-10(8)11-7-13-15(2)14-11/h3-5,7H,6H2,1-2H3,(H,16,17). The van der Waals surface area contributed by atoms with E-state index in [1.165, 1.54) is 4.80 Å². The molecule has 2 rings (SSSR count). The Morgan fingerprint density at radius 3 is 2.82 bits per heavy atom. The zero-order chi connectivity index (χ0) is 12.4. The zero-order valence-corrected chi connectivity index (χ0v) is 9.71. The van der Waals surface area contributed by atoms with Gasteiger partial charge in [0.1, 0.15) is 5.69 Å². The Kier molecular flexibility index (Phi) is 2.91. The van der Waals surface area contributed by atoms with Gasteiger partial charge in [0.05, 0.1) is 12.6 Å². The molecule has 17 heavy (non-hydrogen) atoms. The molecule has 2 aromatic rings. The fourth-order valence-corrected chi connectivity index (χ4v) is 1.78. The Morgan fingerprint density at radius 1 is 1.47 bits per heavy atom. The molecule has 1 aromatic carbocycles.